The molecule has 0 fully saturated rings. The van der Waals surface area contributed by atoms with E-state index in [9.17, 15) is 4.79 Å². The number of hydrogen-bond acceptors (Lipinski definition) is 5. The molecule has 3 rings (SSSR count). The number of halogens is 1. The maximum Gasteiger partial charge on any atom is 0.271 e. The number of nitrogens with zero attached hydrogens (tertiary/aromatic N) is 1. The number of rotatable bonds is 6. The predicted octanol–water partition coefficient (Wildman–Crippen LogP) is 4.25. The maximum atomic E-state index is 12.6. The van der Waals surface area contributed by atoms with Gasteiger partial charge in [-0.2, -0.15) is 0 Å². The van der Waals surface area contributed by atoms with Gasteiger partial charge in [0.2, 0.25) is 0 Å². The first-order valence-electron chi connectivity index (χ1n) is 8.44. The van der Waals surface area contributed by atoms with E-state index in [-0.39, 0.29) is 30.3 Å². The van der Waals surface area contributed by atoms with E-state index in [4.69, 9.17) is 10.2 Å². The van der Waals surface area contributed by atoms with Gasteiger partial charge in [0.1, 0.15) is 17.0 Å². The maximum absolute atomic E-state index is 12.6. The second kappa shape index (κ2) is 8.66. The Morgan fingerprint density at radius 2 is 2.08 bits per heavy atom. The Balaban J connectivity index is 0.00000243. The molecule has 5 nitrogen and oxygen atoms in total. The summed E-state index contributed by atoms with van der Waals surface area (Å²) in [5.74, 6) is 0.811. The summed E-state index contributed by atoms with van der Waals surface area (Å²) < 4.78 is 6.05. The third-order valence-corrected chi connectivity index (χ3v) is 5.17. The van der Waals surface area contributed by atoms with Crippen molar-refractivity contribution >= 4 is 40.6 Å². The molecule has 0 aliphatic heterocycles. The first-order valence-corrected chi connectivity index (χ1v) is 9.32. The number of fused-ring (bicyclic) bond motifs is 1. The summed E-state index contributed by atoms with van der Waals surface area (Å²) in [5.41, 5.74) is 7.90. The summed E-state index contributed by atoms with van der Waals surface area (Å²) >= 11 is 1.47. The standard InChI is InChI=1S/C19H23N3O2S.ClH/c1-11(2)17(18-12(3)13-6-4-5-7-15(13)24-18)22-19(23)14-10-25-16(21-14)8-9-20;/h4-7,10-11,17H,8-9,20H2,1-3H3,(H,22,23);1H. The van der Waals surface area contributed by atoms with Crippen LogP contribution < -0.4 is 11.1 Å². The van der Waals surface area contributed by atoms with Gasteiger partial charge in [-0.25, -0.2) is 4.98 Å². The first kappa shape index (κ1) is 20.4. The van der Waals surface area contributed by atoms with Crippen molar-refractivity contribution < 1.29 is 9.21 Å². The molecular formula is C19H24ClN3O2S. The lowest BCUT2D eigenvalue weighted by Crippen LogP contribution is -2.32. The van der Waals surface area contributed by atoms with Crippen LogP contribution in [-0.4, -0.2) is 17.4 Å². The first-order chi connectivity index (χ1) is 12.0. The van der Waals surface area contributed by atoms with Crippen molar-refractivity contribution in [2.24, 2.45) is 11.7 Å². The topological polar surface area (TPSA) is 81.2 Å². The summed E-state index contributed by atoms with van der Waals surface area (Å²) in [6.07, 6.45) is 0.689. The minimum absolute atomic E-state index is 0. The number of para-hydroxylation sites is 1. The lowest BCUT2D eigenvalue weighted by Gasteiger charge is -2.20. The highest BCUT2D eigenvalue weighted by atomic mass is 35.5. The van der Waals surface area contributed by atoms with E-state index in [0.29, 0.717) is 18.7 Å². The molecule has 0 bridgehead atoms. The number of nitrogens with two attached hydrogens (primary N) is 1. The Morgan fingerprint density at radius 1 is 1.35 bits per heavy atom. The van der Waals surface area contributed by atoms with Gasteiger partial charge in [-0.3, -0.25) is 4.79 Å². The van der Waals surface area contributed by atoms with Crippen LogP contribution in [-0.2, 0) is 6.42 Å². The molecule has 0 saturated heterocycles. The van der Waals surface area contributed by atoms with Crippen LogP contribution in [0.4, 0.5) is 0 Å². The molecule has 3 N–H and O–H groups in total. The third-order valence-electron chi connectivity index (χ3n) is 4.26. The average molecular weight is 394 g/mol. The van der Waals surface area contributed by atoms with Crippen molar-refractivity contribution in [2.45, 2.75) is 33.2 Å². The summed E-state index contributed by atoms with van der Waals surface area (Å²) in [4.78, 5) is 17.0. The molecule has 26 heavy (non-hydrogen) atoms. The Labute approximate surface area is 163 Å². The zero-order chi connectivity index (χ0) is 18.0. The zero-order valence-electron chi connectivity index (χ0n) is 15.1. The molecule has 2 aromatic heterocycles. The molecule has 0 aliphatic carbocycles. The van der Waals surface area contributed by atoms with Crippen molar-refractivity contribution in [1.82, 2.24) is 10.3 Å². The molecule has 140 valence electrons. The predicted molar refractivity (Wildman–Crippen MR) is 108 cm³/mol. The zero-order valence-corrected chi connectivity index (χ0v) is 16.7. The van der Waals surface area contributed by atoms with Crippen molar-refractivity contribution in [3.63, 3.8) is 0 Å². The molecule has 0 aliphatic rings. The second-order valence-corrected chi connectivity index (χ2v) is 7.39. The highest BCUT2D eigenvalue weighted by Gasteiger charge is 2.26. The third kappa shape index (κ3) is 4.09. The van der Waals surface area contributed by atoms with Gasteiger partial charge in [-0.05, 0) is 25.5 Å². The summed E-state index contributed by atoms with van der Waals surface area (Å²) in [7, 11) is 0. The average Bonchev–Trinajstić information content (AvgIpc) is 3.18. The van der Waals surface area contributed by atoms with Gasteiger partial charge < -0.3 is 15.5 Å². The highest BCUT2D eigenvalue weighted by molar-refractivity contribution is 7.09. The van der Waals surface area contributed by atoms with Crippen LogP contribution in [0.1, 0.15) is 46.7 Å². The van der Waals surface area contributed by atoms with E-state index < -0.39 is 0 Å². The fourth-order valence-corrected chi connectivity index (χ4v) is 3.69. The van der Waals surface area contributed by atoms with Crippen LogP contribution in [0.2, 0.25) is 0 Å². The molecule has 0 radical (unpaired) electrons. The molecule has 7 heteroatoms. The lowest BCUT2D eigenvalue weighted by atomic mass is 9.98. The SMILES string of the molecule is Cc1c(C(NC(=O)c2csc(CCN)n2)C(C)C)oc2ccccc12.Cl. The number of furan rings is 1. The number of carbonyl (C=O) groups excluding carboxylic acids is 1. The Hall–Kier alpha value is -1.89. The van der Waals surface area contributed by atoms with Gasteiger partial charge >= 0.3 is 0 Å². The summed E-state index contributed by atoms with van der Waals surface area (Å²) in [6.45, 7) is 6.70. The number of nitrogens with one attached hydrogen (secondary N) is 1. The van der Waals surface area contributed by atoms with Crippen molar-refractivity contribution in [3.8, 4) is 0 Å². The fraction of sp³-hybridized carbons (Fsp3) is 0.368. The smallest absolute Gasteiger partial charge is 0.271 e. The quantitative estimate of drug-likeness (QED) is 0.656. The van der Waals surface area contributed by atoms with E-state index in [1.807, 2.05) is 31.2 Å². The van der Waals surface area contributed by atoms with Crippen LogP contribution in [0.25, 0.3) is 11.0 Å². The van der Waals surface area contributed by atoms with Crippen molar-refractivity contribution in [3.05, 3.63) is 51.7 Å². The Morgan fingerprint density at radius 3 is 2.73 bits per heavy atom. The highest BCUT2D eigenvalue weighted by Crippen LogP contribution is 2.33. The summed E-state index contributed by atoms with van der Waals surface area (Å²) in [6, 6.07) is 7.72. The van der Waals surface area contributed by atoms with Gasteiger partial charge in [-0.15, -0.1) is 23.7 Å². The minimum atomic E-state index is -0.209. The number of benzene rings is 1. The van der Waals surface area contributed by atoms with Gasteiger partial charge in [0.05, 0.1) is 11.0 Å². The number of amides is 1. The number of aromatic nitrogens is 1. The number of hydrogen-bond donors (Lipinski definition) is 2. The lowest BCUT2D eigenvalue weighted by molar-refractivity contribution is 0.0914. The summed E-state index contributed by atoms with van der Waals surface area (Å²) in [5, 5.41) is 6.83. The number of carbonyl (C=O) groups is 1. The van der Waals surface area contributed by atoms with Crippen molar-refractivity contribution in [2.75, 3.05) is 6.54 Å². The van der Waals surface area contributed by atoms with E-state index in [0.717, 1.165) is 27.3 Å². The van der Waals surface area contributed by atoms with E-state index in [1.54, 1.807) is 5.38 Å². The molecule has 1 unspecified atom stereocenters. The molecule has 0 saturated carbocycles. The van der Waals surface area contributed by atoms with Crippen LogP contribution in [0.3, 0.4) is 0 Å². The molecule has 1 amide bonds. The van der Waals surface area contributed by atoms with E-state index >= 15 is 0 Å². The van der Waals surface area contributed by atoms with Crippen LogP contribution in [0.15, 0.2) is 34.1 Å². The molecular weight excluding hydrogens is 370 g/mol. The van der Waals surface area contributed by atoms with Gasteiger partial charge in [0, 0.05) is 22.8 Å². The normalized spacial score (nSPS) is 12.2. The molecule has 1 atom stereocenters. The van der Waals surface area contributed by atoms with Gasteiger partial charge in [0.25, 0.3) is 5.91 Å². The molecule has 0 spiro atoms. The fourth-order valence-electron chi connectivity index (χ4n) is 2.89. The Kier molecular flexibility index (Phi) is 6.81. The van der Waals surface area contributed by atoms with Crippen LogP contribution in [0, 0.1) is 12.8 Å². The monoisotopic (exact) mass is 393 g/mol. The van der Waals surface area contributed by atoms with Crippen LogP contribution in [0.5, 0.6) is 0 Å². The Bertz CT molecular complexity index is 888. The van der Waals surface area contributed by atoms with Gasteiger partial charge in [-0.1, -0.05) is 32.0 Å². The van der Waals surface area contributed by atoms with Crippen molar-refractivity contribution in [1.29, 1.82) is 0 Å². The minimum Gasteiger partial charge on any atom is -0.459 e. The number of thiazole rings is 1. The number of aryl methyl sites for hydroxylation is 1. The van der Waals surface area contributed by atoms with E-state index in [2.05, 4.69) is 24.1 Å². The largest absolute Gasteiger partial charge is 0.459 e. The second-order valence-electron chi connectivity index (χ2n) is 6.45. The van der Waals surface area contributed by atoms with Crippen LogP contribution >= 0.6 is 23.7 Å². The van der Waals surface area contributed by atoms with Gasteiger partial charge in [0.15, 0.2) is 0 Å². The molecule has 1 aromatic carbocycles. The molecule has 3 aromatic rings. The van der Waals surface area contributed by atoms with E-state index in [1.165, 1.54) is 11.3 Å². The molecule has 2 heterocycles.